The van der Waals surface area contributed by atoms with E-state index in [-0.39, 0.29) is 0 Å². The first-order valence-electron chi connectivity index (χ1n) is 14.4. The average molecular weight is 536 g/mol. The van der Waals surface area contributed by atoms with Crippen LogP contribution in [0.15, 0.2) is 55.0 Å². The second kappa shape index (κ2) is 10.2. The van der Waals surface area contributed by atoms with Crippen molar-refractivity contribution >= 4 is 39.5 Å². The van der Waals surface area contributed by atoms with Gasteiger partial charge in [-0.25, -0.2) is 15.0 Å². The van der Waals surface area contributed by atoms with E-state index in [0.717, 1.165) is 57.7 Å². The Morgan fingerprint density at radius 1 is 0.925 bits per heavy atom. The number of nitrogen functional groups attached to an aromatic ring is 1. The van der Waals surface area contributed by atoms with E-state index >= 15 is 0 Å². The Balaban J connectivity index is 1.12. The molecule has 1 aliphatic carbocycles. The molecular formula is C31H37N9. The van der Waals surface area contributed by atoms with Gasteiger partial charge in [-0.15, -0.1) is 0 Å². The van der Waals surface area contributed by atoms with Crippen molar-refractivity contribution < 1.29 is 0 Å². The number of rotatable bonds is 5. The Morgan fingerprint density at radius 3 is 2.45 bits per heavy atom. The zero-order valence-corrected chi connectivity index (χ0v) is 23.3. The fourth-order valence-electron chi connectivity index (χ4n) is 6.54. The van der Waals surface area contributed by atoms with Gasteiger partial charge in [0.05, 0.1) is 16.4 Å². The number of imidazole rings is 1. The van der Waals surface area contributed by atoms with Crippen LogP contribution in [0, 0.1) is 6.92 Å². The van der Waals surface area contributed by atoms with Gasteiger partial charge in [0.2, 0.25) is 5.95 Å². The van der Waals surface area contributed by atoms with Crippen LogP contribution >= 0.6 is 0 Å². The summed E-state index contributed by atoms with van der Waals surface area (Å²) in [6.45, 7) is 6.80. The lowest BCUT2D eigenvalue weighted by Crippen LogP contribution is -2.49. The molecule has 40 heavy (non-hydrogen) atoms. The topological polar surface area (TPSA) is 104 Å². The molecule has 0 atom stereocenters. The van der Waals surface area contributed by atoms with E-state index in [1.54, 1.807) is 6.33 Å². The number of piperazine rings is 1. The first-order valence-corrected chi connectivity index (χ1v) is 14.4. The van der Waals surface area contributed by atoms with Gasteiger partial charge < -0.3 is 25.5 Å². The maximum absolute atomic E-state index is 6.45. The third kappa shape index (κ3) is 4.69. The molecule has 4 N–H and O–H groups in total. The first-order chi connectivity index (χ1) is 19.5. The number of H-pyrrole nitrogens is 1. The zero-order valence-electron chi connectivity index (χ0n) is 23.3. The summed E-state index contributed by atoms with van der Waals surface area (Å²) in [7, 11) is 2.22. The van der Waals surface area contributed by atoms with Crippen molar-refractivity contribution in [2.45, 2.75) is 44.7 Å². The van der Waals surface area contributed by atoms with Crippen LogP contribution in [0.5, 0.6) is 0 Å². The predicted molar refractivity (Wildman–Crippen MR) is 162 cm³/mol. The Hall–Kier alpha value is -3.95. The minimum Gasteiger partial charge on any atom is -0.383 e. The average Bonchev–Trinajstić information content (AvgIpc) is 3.56. The molecule has 0 amide bonds. The highest BCUT2D eigenvalue weighted by Gasteiger charge is 2.30. The second-order valence-corrected chi connectivity index (χ2v) is 11.5. The van der Waals surface area contributed by atoms with Gasteiger partial charge in [0.25, 0.3) is 0 Å². The molecule has 3 aromatic heterocycles. The van der Waals surface area contributed by atoms with E-state index in [1.165, 1.54) is 44.6 Å². The summed E-state index contributed by atoms with van der Waals surface area (Å²) in [5.41, 5.74) is 13.7. The van der Waals surface area contributed by atoms with Crippen molar-refractivity contribution in [3.05, 3.63) is 60.6 Å². The van der Waals surface area contributed by atoms with Crippen molar-refractivity contribution in [1.82, 2.24) is 34.3 Å². The molecule has 0 spiro atoms. The molecule has 0 bridgehead atoms. The summed E-state index contributed by atoms with van der Waals surface area (Å²) in [6, 6.07) is 15.8. The second-order valence-electron chi connectivity index (χ2n) is 11.5. The highest BCUT2D eigenvalue weighted by atomic mass is 15.3. The lowest BCUT2D eigenvalue weighted by molar-refractivity contribution is 0.0828. The Bertz CT molecular complexity index is 1640. The molecule has 1 aliphatic heterocycles. The first kappa shape index (κ1) is 25.0. The molecule has 0 unspecified atom stereocenters. The number of benzene rings is 2. The monoisotopic (exact) mass is 535 g/mol. The Kier molecular flexibility index (Phi) is 6.40. The van der Waals surface area contributed by atoms with Gasteiger partial charge in [-0.05, 0) is 75.0 Å². The number of likely N-dealkylation sites (N-methyl/N-ethyl adjacent to an activating group) is 1. The quantitative estimate of drug-likeness (QED) is 0.279. The van der Waals surface area contributed by atoms with E-state index in [1.807, 2.05) is 0 Å². The van der Waals surface area contributed by atoms with E-state index in [4.69, 9.17) is 10.7 Å². The number of aromatic nitrogens is 5. The number of nitrogens with two attached hydrogens (primary N) is 1. The van der Waals surface area contributed by atoms with E-state index in [0.29, 0.717) is 17.9 Å². The number of aryl methyl sites for hydroxylation is 1. The summed E-state index contributed by atoms with van der Waals surface area (Å²) in [6.07, 6.45) is 8.61. The molecule has 9 nitrogen and oxygen atoms in total. The van der Waals surface area contributed by atoms with Crippen molar-refractivity contribution in [1.29, 1.82) is 0 Å². The van der Waals surface area contributed by atoms with Gasteiger partial charge in [-0.2, -0.15) is 0 Å². The molecule has 5 aromatic rings. The summed E-state index contributed by atoms with van der Waals surface area (Å²) in [4.78, 5) is 22.2. The third-order valence-electron chi connectivity index (χ3n) is 8.85. The standard InChI is InChI=1S/C31H37N9/c1-20-3-12-26-27(17-20)37-31(36-26)35-22-6-4-21(5-7-22)25-18-40(30-28(25)29(32)33-19-34-30)24-10-8-23(9-11-24)39-15-13-38(2)14-16-39/h3-7,12,17-19,23-24H,8-11,13-16H2,1-2H3,(H2,32,33,34)(H2,35,36,37)/t23-,24+. The normalized spacial score (nSPS) is 20.9. The fourth-order valence-corrected chi connectivity index (χ4v) is 6.54. The minimum atomic E-state index is 0.423. The van der Waals surface area contributed by atoms with E-state index in [2.05, 4.69) is 97.3 Å². The fraction of sp³-hybridized carbons (Fsp3) is 0.387. The van der Waals surface area contributed by atoms with Crippen LogP contribution in [-0.2, 0) is 0 Å². The van der Waals surface area contributed by atoms with Gasteiger partial charge in [-0.1, -0.05) is 18.2 Å². The number of nitrogens with zero attached hydrogens (tertiary/aromatic N) is 6. The summed E-state index contributed by atoms with van der Waals surface area (Å²) in [5.74, 6) is 1.26. The SMILES string of the molecule is Cc1ccc2[nH]c(Nc3ccc(-c4cn([C@H]5CC[C@@H](N6CCN(C)CC6)CC5)c5ncnc(N)c45)cc3)nc2c1. The van der Waals surface area contributed by atoms with Crippen LogP contribution in [0.2, 0.25) is 0 Å². The number of fused-ring (bicyclic) bond motifs is 2. The third-order valence-corrected chi connectivity index (χ3v) is 8.85. The Labute approximate surface area is 234 Å². The molecule has 206 valence electrons. The molecule has 2 fully saturated rings. The molecule has 4 heterocycles. The van der Waals surface area contributed by atoms with Gasteiger partial charge in [-0.3, -0.25) is 4.90 Å². The van der Waals surface area contributed by atoms with E-state index in [9.17, 15) is 0 Å². The van der Waals surface area contributed by atoms with Gasteiger partial charge in [0.15, 0.2) is 0 Å². The number of aromatic amines is 1. The molecule has 0 radical (unpaired) electrons. The molecule has 2 aliphatic rings. The summed E-state index contributed by atoms with van der Waals surface area (Å²) in [5, 5.41) is 4.34. The molecule has 7 rings (SSSR count). The molecular weight excluding hydrogens is 498 g/mol. The van der Waals surface area contributed by atoms with Crippen LogP contribution in [0.4, 0.5) is 17.5 Å². The van der Waals surface area contributed by atoms with Gasteiger partial charge in [0, 0.05) is 55.7 Å². The molecule has 2 aromatic carbocycles. The number of nitrogens with one attached hydrogen (secondary N) is 2. The smallest absolute Gasteiger partial charge is 0.205 e. The summed E-state index contributed by atoms with van der Waals surface area (Å²) >= 11 is 0. The van der Waals surface area contributed by atoms with Crippen LogP contribution in [0.1, 0.15) is 37.3 Å². The van der Waals surface area contributed by atoms with Crippen LogP contribution in [0.3, 0.4) is 0 Å². The van der Waals surface area contributed by atoms with Crippen LogP contribution < -0.4 is 11.1 Å². The number of hydrogen-bond donors (Lipinski definition) is 3. The lowest BCUT2D eigenvalue weighted by Gasteiger charge is -2.41. The van der Waals surface area contributed by atoms with E-state index < -0.39 is 0 Å². The van der Waals surface area contributed by atoms with Crippen LogP contribution in [-0.4, -0.2) is 73.6 Å². The van der Waals surface area contributed by atoms with Crippen molar-refractivity contribution in [3.8, 4) is 11.1 Å². The molecule has 1 saturated heterocycles. The number of hydrogen-bond acceptors (Lipinski definition) is 7. The Morgan fingerprint density at radius 2 is 1.68 bits per heavy atom. The van der Waals surface area contributed by atoms with Crippen molar-refractivity contribution in [3.63, 3.8) is 0 Å². The van der Waals surface area contributed by atoms with Crippen LogP contribution in [0.25, 0.3) is 33.2 Å². The van der Waals surface area contributed by atoms with Gasteiger partial charge in [0.1, 0.15) is 17.8 Å². The molecule has 1 saturated carbocycles. The maximum Gasteiger partial charge on any atom is 0.205 e. The predicted octanol–water partition coefficient (Wildman–Crippen LogP) is 5.34. The van der Waals surface area contributed by atoms with Crippen molar-refractivity contribution in [2.24, 2.45) is 0 Å². The highest BCUT2D eigenvalue weighted by Crippen LogP contribution is 2.39. The number of anilines is 3. The minimum absolute atomic E-state index is 0.423. The largest absolute Gasteiger partial charge is 0.383 e. The molecule has 9 heteroatoms. The summed E-state index contributed by atoms with van der Waals surface area (Å²) < 4.78 is 2.37. The lowest BCUT2D eigenvalue weighted by atomic mass is 9.89. The zero-order chi connectivity index (χ0) is 27.2. The van der Waals surface area contributed by atoms with Crippen molar-refractivity contribution in [2.75, 3.05) is 44.3 Å². The maximum atomic E-state index is 6.45. The highest BCUT2D eigenvalue weighted by molar-refractivity contribution is 6.00. The van der Waals surface area contributed by atoms with Gasteiger partial charge >= 0.3 is 0 Å².